The second-order valence-electron chi connectivity index (χ2n) is 4.81. The predicted octanol–water partition coefficient (Wildman–Crippen LogP) is 1.36. The minimum atomic E-state index is -0.299. The standard InChI is InChI=1S/C14H17N5O/c1-18-8-9(7-16-18)13(15)14-17-11-6-10(20-3)4-5-12(11)19(14)2/h4-8,13H,15H2,1-3H3. The van der Waals surface area contributed by atoms with Gasteiger partial charge in [0.2, 0.25) is 0 Å². The highest BCUT2D eigenvalue weighted by molar-refractivity contribution is 5.78. The van der Waals surface area contributed by atoms with E-state index in [-0.39, 0.29) is 6.04 Å². The van der Waals surface area contributed by atoms with Crippen molar-refractivity contribution in [2.75, 3.05) is 7.11 Å². The maximum absolute atomic E-state index is 6.30. The van der Waals surface area contributed by atoms with Crippen LogP contribution in [0.25, 0.3) is 11.0 Å². The zero-order valence-corrected chi connectivity index (χ0v) is 11.7. The van der Waals surface area contributed by atoms with Crippen LogP contribution < -0.4 is 10.5 Å². The average molecular weight is 271 g/mol. The SMILES string of the molecule is COc1ccc2c(c1)nc(C(N)c1cnn(C)c1)n2C. The third-order valence-electron chi connectivity index (χ3n) is 3.48. The lowest BCUT2D eigenvalue weighted by Gasteiger charge is -2.09. The van der Waals surface area contributed by atoms with Crippen molar-refractivity contribution in [3.05, 3.63) is 42.0 Å². The van der Waals surface area contributed by atoms with Crippen LogP contribution in [0.2, 0.25) is 0 Å². The van der Waals surface area contributed by atoms with E-state index >= 15 is 0 Å². The summed E-state index contributed by atoms with van der Waals surface area (Å²) in [7, 11) is 5.48. The third-order valence-corrected chi connectivity index (χ3v) is 3.48. The Balaban J connectivity index is 2.09. The molecule has 0 bridgehead atoms. The molecule has 6 heteroatoms. The van der Waals surface area contributed by atoms with Crippen molar-refractivity contribution in [2.45, 2.75) is 6.04 Å². The summed E-state index contributed by atoms with van der Waals surface area (Å²) in [5, 5.41) is 4.15. The number of methoxy groups -OCH3 is 1. The van der Waals surface area contributed by atoms with Crippen LogP contribution in [-0.2, 0) is 14.1 Å². The van der Waals surface area contributed by atoms with Gasteiger partial charge in [0, 0.05) is 31.9 Å². The van der Waals surface area contributed by atoms with E-state index in [0.29, 0.717) is 0 Å². The molecule has 0 fully saturated rings. The van der Waals surface area contributed by atoms with Gasteiger partial charge in [-0.05, 0) is 12.1 Å². The molecule has 0 saturated carbocycles. The van der Waals surface area contributed by atoms with Gasteiger partial charge in [-0.1, -0.05) is 0 Å². The van der Waals surface area contributed by atoms with Crippen molar-refractivity contribution in [3.8, 4) is 5.75 Å². The van der Waals surface area contributed by atoms with E-state index in [1.807, 2.05) is 43.1 Å². The van der Waals surface area contributed by atoms with Crippen LogP contribution in [0.5, 0.6) is 5.75 Å². The largest absolute Gasteiger partial charge is 0.497 e. The van der Waals surface area contributed by atoms with E-state index in [0.717, 1.165) is 28.2 Å². The Bertz CT molecular complexity index is 758. The van der Waals surface area contributed by atoms with Crippen LogP contribution in [0.1, 0.15) is 17.4 Å². The highest BCUT2D eigenvalue weighted by Gasteiger charge is 2.18. The van der Waals surface area contributed by atoms with E-state index in [1.54, 1.807) is 18.0 Å². The summed E-state index contributed by atoms with van der Waals surface area (Å²) in [5.74, 6) is 1.60. The first-order valence-electron chi connectivity index (χ1n) is 6.34. The minimum absolute atomic E-state index is 0.299. The number of nitrogens with zero attached hydrogens (tertiary/aromatic N) is 4. The molecule has 2 heterocycles. The van der Waals surface area contributed by atoms with Crippen LogP contribution in [-0.4, -0.2) is 26.4 Å². The zero-order valence-electron chi connectivity index (χ0n) is 11.7. The molecule has 1 aromatic carbocycles. The van der Waals surface area contributed by atoms with Gasteiger partial charge in [-0.15, -0.1) is 0 Å². The molecule has 0 radical (unpaired) electrons. The van der Waals surface area contributed by atoms with Gasteiger partial charge in [-0.3, -0.25) is 4.68 Å². The first-order chi connectivity index (χ1) is 9.60. The van der Waals surface area contributed by atoms with Gasteiger partial charge in [-0.25, -0.2) is 4.98 Å². The Kier molecular flexibility index (Phi) is 2.94. The summed E-state index contributed by atoms with van der Waals surface area (Å²) in [6.07, 6.45) is 3.68. The molecular weight excluding hydrogens is 254 g/mol. The smallest absolute Gasteiger partial charge is 0.131 e. The van der Waals surface area contributed by atoms with Crippen LogP contribution >= 0.6 is 0 Å². The topological polar surface area (TPSA) is 70.9 Å². The molecular formula is C14H17N5O. The molecule has 2 N–H and O–H groups in total. The van der Waals surface area contributed by atoms with Crippen molar-refractivity contribution in [2.24, 2.45) is 19.8 Å². The Morgan fingerprint density at radius 2 is 2.10 bits per heavy atom. The molecule has 3 rings (SSSR count). The molecule has 1 atom stereocenters. The van der Waals surface area contributed by atoms with E-state index in [1.165, 1.54) is 0 Å². The molecule has 0 aliphatic heterocycles. The van der Waals surface area contributed by atoms with Crippen molar-refractivity contribution in [3.63, 3.8) is 0 Å². The molecule has 0 aliphatic carbocycles. The second-order valence-corrected chi connectivity index (χ2v) is 4.81. The second kappa shape index (κ2) is 4.64. The molecule has 0 amide bonds. The summed E-state index contributed by atoms with van der Waals surface area (Å²) in [4.78, 5) is 4.63. The van der Waals surface area contributed by atoms with Gasteiger partial charge in [-0.2, -0.15) is 5.10 Å². The monoisotopic (exact) mass is 271 g/mol. The number of aryl methyl sites for hydroxylation is 2. The highest BCUT2D eigenvalue weighted by Crippen LogP contribution is 2.25. The summed E-state index contributed by atoms with van der Waals surface area (Å²) < 4.78 is 8.97. The molecule has 2 aromatic heterocycles. The molecule has 6 nitrogen and oxygen atoms in total. The first-order valence-corrected chi connectivity index (χ1v) is 6.34. The average Bonchev–Trinajstić information content (AvgIpc) is 3.02. The third kappa shape index (κ3) is 1.94. The molecule has 0 spiro atoms. The van der Waals surface area contributed by atoms with Gasteiger partial charge in [0.05, 0.1) is 30.4 Å². The number of ether oxygens (including phenoxy) is 1. The molecule has 104 valence electrons. The lowest BCUT2D eigenvalue weighted by molar-refractivity contribution is 0.415. The Hall–Kier alpha value is -2.34. The van der Waals surface area contributed by atoms with E-state index < -0.39 is 0 Å². The van der Waals surface area contributed by atoms with E-state index in [4.69, 9.17) is 10.5 Å². The minimum Gasteiger partial charge on any atom is -0.497 e. The lowest BCUT2D eigenvalue weighted by Crippen LogP contribution is -2.16. The van der Waals surface area contributed by atoms with Crippen LogP contribution in [0, 0.1) is 0 Å². The fraction of sp³-hybridized carbons (Fsp3) is 0.286. The maximum Gasteiger partial charge on any atom is 0.131 e. The summed E-state index contributed by atoms with van der Waals surface area (Å²) in [6, 6.07) is 5.52. The van der Waals surface area contributed by atoms with Crippen molar-refractivity contribution < 1.29 is 4.74 Å². The number of aromatic nitrogens is 4. The lowest BCUT2D eigenvalue weighted by atomic mass is 10.1. The fourth-order valence-electron chi connectivity index (χ4n) is 2.35. The van der Waals surface area contributed by atoms with Gasteiger partial charge < -0.3 is 15.0 Å². The summed E-state index contributed by atoms with van der Waals surface area (Å²) >= 11 is 0. The quantitative estimate of drug-likeness (QED) is 0.781. The molecule has 1 unspecified atom stereocenters. The van der Waals surface area contributed by atoms with Gasteiger partial charge >= 0.3 is 0 Å². The number of hydrogen-bond donors (Lipinski definition) is 1. The van der Waals surface area contributed by atoms with E-state index in [2.05, 4.69) is 10.1 Å². The first kappa shape index (κ1) is 12.7. The molecule has 0 aliphatic rings. The van der Waals surface area contributed by atoms with Crippen LogP contribution in [0.15, 0.2) is 30.6 Å². The van der Waals surface area contributed by atoms with Gasteiger partial charge in [0.15, 0.2) is 0 Å². The number of nitrogens with two attached hydrogens (primary N) is 1. The Labute approximate surface area is 116 Å². The number of fused-ring (bicyclic) bond motifs is 1. The van der Waals surface area contributed by atoms with Crippen molar-refractivity contribution in [1.29, 1.82) is 0 Å². The van der Waals surface area contributed by atoms with Crippen molar-refractivity contribution in [1.82, 2.24) is 19.3 Å². The van der Waals surface area contributed by atoms with Gasteiger partial charge in [0.1, 0.15) is 11.6 Å². The number of rotatable bonds is 3. The van der Waals surface area contributed by atoms with Gasteiger partial charge in [0.25, 0.3) is 0 Å². The number of imidazole rings is 1. The number of benzene rings is 1. The Morgan fingerprint density at radius 1 is 1.30 bits per heavy atom. The maximum atomic E-state index is 6.30. The summed E-state index contributed by atoms with van der Waals surface area (Å²) in [6.45, 7) is 0. The van der Waals surface area contributed by atoms with Crippen LogP contribution in [0.3, 0.4) is 0 Å². The van der Waals surface area contributed by atoms with E-state index in [9.17, 15) is 0 Å². The predicted molar refractivity (Wildman–Crippen MR) is 76.5 cm³/mol. The Morgan fingerprint density at radius 3 is 2.75 bits per heavy atom. The summed E-state index contributed by atoms with van der Waals surface area (Å²) in [5.41, 5.74) is 9.14. The number of hydrogen-bond acceptors (Lipinski definition) is 4. The fourth-order valence-corrected chi connectivity index (χ4v) is 2.35. The molecule has 3 aromatic rings. The van der Waals surface area contributed by atoms with Crippen LogP contribution in [0.4, 0.5) is 0 Å². The highest BCUT2D eigenvalue weighted by atomic mass is 16.5. The normalized spacial score (nSPS) is 12.8. The molecule has 20 heavy (non-hydrogen) atoms. The van der Waals surface area contributed by atoms with Crippen molar-refractivity contribution >= 4 is 11.0 Å². The zero-order chi connectivity index (χ0) is 14.3. The molecule has 0 saturated heterocycles.